The van der Waals surface area contributed by atoms with E-state index in [-0.39, 0.29) is 17.9 Å². The van der Waals surface area contributed by atoms with Crippen LogP contribution in [0.1, 0.15) is 41.6 Å². The molecule has 164 valence electrons. The molecule has 31 heavy (non-hydrogen) atoms. The monoisotopic (exact) mass is 516 g/mol. The summed E-state index contributed by atoms with van der Waals surface area (Å²) in [6.07, 6.45) is 0. The van der Waals surface area contributed by atoms with Crippen LogP contribution in [0.25, 0.3) is 0 Å². The van der Waals surface area contributed by atoms with Crippen molar-refractivity contribution in [3.63, 3.8) is 0 Å². The van der Waals surface area contributed by atoms with E-state index in [0.717, 1.165) is 10.7 Å². The topological polar surface area (TPSA) is 59.8 Å². The van der Waals surface area contributed by atoms with E-state index in [1.54, 1.807) is 24.3 Å². The SMILES string of the molecule is CC(C)[C@H](NC(=O)c1ccc(Cl)cc1Cl)c1nnc(SCc2ccc(Cl)c(Cl)c2)n1C. The first kappa shape index (κ1) is 24.2. The van der Waals surface area contributed by atoms with Gasteiger partial charge in [0.25, 0.3) is 5.91 Å². The lowest BCUT2D eigenvalue weighted by molar-refractivity contribution is 0.0922. The van der Waals surface area contributed by atoms with E-state index in [2.05, 4.69) is 15.5 Å². The number of hydrogen-bond acceptors (Lipinski definition) is 4. The predicted molar refractivity (Wildman–Crippen MR) is 129 cm³/mol. The second kappa shape index (κ2) is 10.5. The molecule has 3 rings (SSSR count). The molecule has 0 aliphatic heterocycles. The van der Waals surface area contributed by atoms with Crippen LogP contribution in [-0.2, 0) is 12.8 Å². The van der Waals surface area contributed by atoms with E-state index < -0.39 is 0 Å². The van der Waals surface area contributed by atoms with Crippen LogP contribution < -0.4 is 5.32 Å². The van der Waals surface area contributed by atoms with Crippen LogP contribution in [0.5, 0.6) is 0 Å². The van der Waals surface area contributed by atoms with Gasteiger partial charge in [0.2, 0.25) is 0 Å². The molecule has 0 aliphatic carbocycles. The van der Waals surface area contributed by atoms with Gasteiger partial charge in [-0.15, -0.1) is 10.2 Å². The zero-order valence-corrected chi connectivity index (χ0v) is 20.8. The second-order valence-corrected chi connectivity index (χ2v) is 9.86. The van der Waals surface area contributed by atoms with Gasteiger partial charge in [0, 0.05) is 17.8 Å². The van der Waals surface area contributed by atoms with E-state index in [9.17, 15) is 4.79 Å². The molecule has 1 aromatic heterocycles. The summed E-state index contributed by atoms with van der Waals surface area (Å²) in [6.45, 7) is 4.01. The van der Waals surface area contributed by atoms with Crippen LogP contribution in [0.2, 0.25) is 20.1 Å². The Morgan fingerprint density at radius 2 is 1.77 bits per heavy atom. The van der Waals surface area contributed by atoms with Gasteiger partial charge in [-0.3, -0.25) is 4.79 Å². The minimum Gasteiger partial charge on any atom is -0.342 e. The van der Waals surface area contributed by atoms with Crippen molar-refractivity contribution in [3.05, 3.63) is 73.4 Å². The van der Waals surface area contributed by atoms with Crippen molar-refractivity contribution in [2.24, 2.45) is 13.0 Å². The number of halogens is 4. The Morgan fingerprint density at radius 1 is 1.03 bits per heavy atom. The maximum absolute atomic E-state index is 12.8. The number of nitrogens with one attached hydrogen (secondary N) is 1. The molecule has 0 fully saturated rings. The number of nitrogens with zero attached hydrogens (tertiary/aromatic N) is 3. The average molecular weight is 518 g/mol. The number of amides is 1. The summed E-state index contributed by atoms with van der Waals surface area (Å²) in [4.78, 5) is 12.8. The Bertz CT molecular complexity index is 1100. The van der Waals surface area contributed by atoms with Crippen LogP contribution in [-0.4, -0.2) is 20.7 Å². The van der Waals surface area contributed by atoms with Crippen LogP contribution in [0, 0.1) is 5.92 Å². The van der Waals surface area contributed by atoms with Crippen molar-refractivity contribution in [1.82, 2.24) is 20.1 Å². The summed E-state index contributed by atoms with van der Waals surface area (Å²) < 4.78 is 1.89. The lowest BCUT2D eigenvalue weighted by Gasteiger charge is -2.22. The summed E-state index contributed by atoms with van der Waals surface area (Å²) in [5.74, 6) is 1.09. The molecule has 5 nitrogen and oxygen atoms in total. The molecule has 3 aromatic rings. The fourth-order valence-electron chi connectivity index (χ4n) is 2.92. The van der Waals surface area contributed by atoms with Crippen LogP contribution in [0.4, 0.5) is 0 Å². The standard InChI is InChI=1S/C21H20Cl4N4OS/c1-11(2)18(26-20(30)14-6-5-13(22)9-16(14)24)19-27-28-21(29(19)3)31-10-12-4-7-15(23)17(25)8-12/h4-9,11,18H,10H2,1-3H3,(H,26,30)/t18-/m0/s1. The maximum atomic E-state index is 12.8. The minimum atomic E-state index is -0.351. The summed E-state index contributed by atoms with van der Waals surface area (Å²) in [7, 11) is 1.88. The number of hydrogen-bond donors (Lipinski definition) is 1. The molecular weight excluding hydrogens is 498 g/mol. The van der Waals surface area contributed by atoms with Crippen molar-refractivity contribution < 1.29 is 4.79 Å². The zero-order valence-electron chi connectivity index (χ0n) is 17.0. The Hall–Kier alpha value is -1.44. The molecule has 2 aromatic carbocycles. The Morgan fingerprint density at radius 3 is 2.42 bits per heavy atom. The third-order valence-electron chi connectivity index (χ3n) is 4.63. The van der Waals surface area contributed by atoms with Gasteiger partial charge in [0.15, 0.2) is 11.0 Å². The van der Waals surface area contributed by atoms with Gasteiger partial charge in [-0.1, -0.05) is 78.1 Å². The molecule has 1 heterocycles. The lowest BCUT2D eigenvalue weighted by atomic mass is 10.0. The number of aromatic nitrogens is 3. The molecule has 10 heteroatoms. The molecule has 0 aliphatic rings. The van der Waals surface area contributed by atoms with Crippen molar-refractivity contribution >= 4 is 64.1 Å². The summed E-state index contributed by atoms with van der Waals surface area (Å²) in [5.41, 5.74) is 1.38. The van der Waals surface area contributed by atoms with Crippen molar-refractivity contribution in [1.29, 1.82) is 0 Å². The smallest absolute Gasteiger partial charge is 0.253 e. The van der Waals surface area contributed by atoms with Crippen molar-refractivity contribution in [3.8, 4) is 0 Å². The first-order valence-electron chi connectivity index (χ1n) is 9.39. The zero-order chi connectivity index (χ0) is 22.7. The molecule has 0 radical (unpaired) electrons. The maximum Gasteiger partial charge on any atom is 0.253 e. The average Bonchev–Trinajstić information content (AvgIpc) is 3.06. The van der Waals surface area contributed by atoms with E-state index in [0.29, 0.717) is 37.2 Å². The Kier molecular flexibility index (Phi) is 8.16. The molecule has 1 N–H and O–H groups in total. The highest BCUT2D eigenvalue weighted by Gasteiger charge is 2.26. The molecular formula is C21H20Cl4N4OS. The third-order valence-corrected chi connectivity index (χ3v) is 7.01. The van der Waals surface area contributed by atoms with E-state index >= 15 is 0 Å². The highest BCUT2D eigenvalue weighted by molar-refractivity contribution is 7.98. The Labute approximate surface area is 205 Å². The molecule has 1 amide bonds. The fraction of sp³-hybridized carbons (Fsp3) is 0.286. The summed E-state index contributed by atoms with van der Waals surface area (Å²) >= 11 is 25.7. The normalized spacial score (nSPS) is 12.3. The van der Waals surface area contributed by atoms with Gasteiger partial charge >= 0.3 is 0 Å². The quantitative estimate of drug-likeness (QED) is 0.348. The van der Waals surface area contributed by atoms with E-state index in [4.69, 9.17) is 46.4 Å². The van der Waals surface area contributed by atoms with E-state index in [1.807, 2.05) is 37.6 Å². The summed E-state index contributed by atoms with van der Waals surface area (Å²) in [6, 6.07) is 9.96. The third kappa shape index (κ3) is 5.88. The highest BCUT2D eigenvalue weighted by atomic mass is 35.5. The highest BCUT2D eigenvalue weighted by Crippen LogP contribution is 2.29. The van der Waals surface area contributed by atoms with Gasteiger partial charge < -0.3 is 9.88 Å². The Balaban J connectivity index is 1.76. The van der Waals surface area contributed by atoms with Crippen LogP contribution >= 0.6 is 58.2 Å². The van der Waals surface area contributed by atoms with Gasteiger partial charge in [0.1, 0.15) is 0 Å². The molecule has 0 spiro atoms. The first-order chi connectivity index (χ1) is 14.7. The number of thioether (sulfide) groups is 1. The molecule has 0 unspecified atom stereocenters. The summed E-state index contributed by atoms with van der Waals surface area (Å²) in [5, 5.41) is 14.2. The molecule has 0 saturated carbocycles. The molecule has 0 saturated heterocycles. The van der Waals surface area contributed by atoms with Gasteiger partial charge in [-0.25, -0.2) is 0 Å². The van der Waals surface area contributed by atoms with E-state index in [1.165, 1.54) is 11.8 Å². The van der Waals surface area contributed by atoms with Gasteiger partial charge in [0.05, 0.1) is 26.7 Å². The van der Waals surface area contributed by atoms with Crippen LogP contribution in [0.15, 0.2) is 41.6 Å². The number of carbonyl (C=O) groups excluding carboxylic acids is 1. The van der Waals surface area contributed by atoms with Gasteiger partial charge in [-0.05, 0) is 41.8 Å². The predicted octanol–water partition coefficient (Wildman–Crippen LogP) is 6.85. The van der Waals surface area contributed by atoms with Crippen molar-refractivity contribution in [2.75, 3.05) is 0 Å². The second-order valence-electron chi connectivity index (χ2n) is 7.26. The largest absolute Gasteiger partial charge is 0.342 e. The van der Waals surface area contributed by atoms with Crippen LogP contribution in [0.3, 0.4) is 0 Å². The fourth-order valence-corrected chi connectivity index (χ4v) is 4.60. The first-order valence-corrected chi connectivity index (χ1v) is 11.9. The lowest BCUT2D eigenvalue weighted by Crippen LogP contribution is -2.33. The van der Waals surface area contributed by atoms with Gasteiger partial charge in [-0.2, -0.15) is 0 Å². The minimum absolute atomic E-state index is 0.0749. The number of benzene rings is 2. The molecule has 0 bridgehead atoms. The number of carbonyl (C=O) groups is 1. The van der Waals surface area contributed by atoms with Crippen molar-refractivity contribution in [2.45, 2.75) is 30.8 Å². The number of rotatable bonds is 7. The molecule has 1 atom stereocenters.